The first kappa shape index (κ1) is 22.7. The van der Waals surface area contributed by atoms with Gasteiger partial charge in [0.05, 0.1) is 10.0 Å². The zero-order valence-corrected chi connectivity index (χ0v) is 19.1. The van der Waals surface area contributed by atoms with Crippen LogP contribution in [0.3, 0.4) is 0 Å². The molecule has 30 heavy (non-hydrogen) atoms. The lowest BCUT2D eigenvalue weighted by Crippen LogP contribution is -2.44. The normalized spacial score (nSPS) is 14.7. The van der Waals surface area contributed by atoms with Gasteiger partial charge in [-0.05, 0) is 64.8 Å². The number of nitrogens with zero attached hydrogens (tertiary/aromatic N) is 3. The fourth-order valence-corrected chi connectivity index (χ4v) is 4.88. The van der Waals surface area contributed by atoms with Gasteiger partial charge < -0.3 is 10.6 Å². The van der Waals surface area contributed by atoms with Crippen molar-refractivity contribution >= 4 is 45.6 Å². The number of amides is 2. The lowest BCUT2D eigenvalue weighted by atomic mass is 9.96. The zero-order valence-electron chi connectivity index (χ0n) is 17.6. The first-order chi connectivity index (χ1) is 14.4. The number of pyridine rings is 1. The molecule has 7 nitrogen and oxygen atoms in total. The second-order valence-corrected chi connectivity index (χ2v) is 9.15. The molecule has 1 fully saturated rings. The van der Waals surface area contributed by atoms with Crippen molar-refractivity contribution in [3.8, 4) is 0 Å². The summed E-state index contributed by atoms with van der Waals surface area (Å²) in [6, 6.07) is 3.22. The lowest BCUT2D eigenvalue weighted by Gasteiger charge is -2.31. The van der Waals surface area contributed by atoms with Gasteiger partial charge in [-0.15, -0.1) is 11.3 Å². The van der Waals surface area contributed by atoms with E-state index in [1.807, 2.05) is 13.8 Å². The maximum Gasteiger partial charge on any atom is 0.278 e. The summed E-state index contributed by atoms with van der Waals surface area (Å²) in [5.74, 6) is 0.0411. The van der Waals surface area contributed by atoms with Gasteiger partial charge in [0.15, 0.2) is 5.69 Å². The Balaban J connectivity index is 1.93. The SMILES string of the molecule is CCCc1nc(C(=O)Nc2ccc(Cl)cn2)c(N(C(=O)C2CCNCC2)C(C)C)s1. The number of halogens is 1. The van der Waals surface area contributed by atoms with Gasteiger partial charge in [0.1, 0.15) is 10.8 Å². The topological polar surface area (TPSA) is 87.2 Å². The highest BCUT2D eigenvalue weighted by Gasteiger charge is 2.33. The molecule has 3 rings (SSSR count). The molecule has 0 unspecified atom stereocenters. The molecule has 1 saturated heterocycles. The van der Waals surface area contributed by atoms with Gasteiger partial charge in [-0.3, -0.25) is 14.5 Å². The molecular weight excluding hydrogens is 422 g/mol. The number of piperidine rings is 1. The molecule has 0 aliphatic carbocycles. The molecule has 162 valence electrons. The molecule has 0 bridgehead atoms. The van der Waals surface area contributed by atoms with E-state index in [1.54, 1.807) is 17.0 Å². The number of aromatic nitrogens is 2. The Hall–Kier alpha value is -2.03. The van der Waals surface area contributed by atoms with Crippen molar-refractivity contribution in [1.82, 2.24) is 15.3 Å². The number of hydrogen-bond donors (Lipinski definition) is 2. The minimum absolute atomic E-state index is 0.0424. The van der Waals surface area contributed by atoms with Crippen LogP contribution in [-0.4, -0.2) is 40.9 Å². The van der Waals surface area contributed by atoms with E-state index in [1.165, 1.54) is 17.5 Å². The monoisotopic (exact) mass is 449 g/mol. The van der Waals surface area contributed by atoms with Crippen molar-refractivity contribution in [3.63, 3.8) is 0 Å². The molecule has 2 aromatic rings. The minimum atomic E-state index is -0.373. The summed E-state index contributed by atoms with van der Waals surface area (Å²) in [7, 11) is 0. The largest absolute Gasteiger partial charge is 0.317 e. The molecule has 2 aromatic heterocycles. The van der Waals surface area contributed by atoms with Crippen LogP contribution >= 0.6 is 22.9 Å². The second-order valence-electron chi connectivity index (χ2n) is 7.65. The van der Waals surface area contributed by atoms with E-state index in [-0.39, 0.29) is 29.5 Å². The van der Waals surface area contributed by atoms with Crippen LogP contribution in [0.15, 0.2) is 18.3 Å². The van der Waals surface area contributed by atoms with Crippen molar-refractivity contribution < 1.29 is 9.59 Å². The maximum atomic E-state index is 13.4. The average Bonchev–Trinajstić information content (AvgIpc) is 3.14. The molecule has 0 spiro atoms. The fourth-order valence-electron chi connectivity index (χ4n) is 3.47. The highest BCUT2D eigenvalue weighted by Crippen LogP contribution is 2.34. The molecule has 9 heteroatoms. The molecule has 0 aromatic carbocycles. The van der Waals surface area contributed by atoms with Crippen LogP contribution in [-0.2, 0) is 11.2 Å². The lowest BCUT2D eigenvalue weighted by molar-refractivity contribution is -0.123. The molecule has 2 N–H and O–H groups in total. The highest BCUT2D eigenvalue weighted by atomic mass is 35.5. The van der Waals surface area contributed by atoms with Crippen LogP contribution in [0.25, 0.3) is 0 Å². The molecule has 0 radical (unpaired) electrons. The van der Waals surface area contributed by atoms with Crippen molar-refractivity contribution in [1.29, 1.82) is 0 Å². The van der Waals surface area contributed by atoms with E-state index in [2.05, 4.69) is 27.5 Å². The Morgan fingerprint density at radius 3 is 2.67 bits per heavy atom. The Labute approximate surface area is 186 Å². The van der Waals surface area contributed by atoms with Gasteiger partial charge >= 0.3 is 0 Å². The van der Waals surface area contributed by atoms with Crippen molar-refractivity contribution in [2.75, 3.05) is 23.3 Å². The molecule has 0 atom stereocenters. The standard InChI is InChI=1S/C21H28ClN5O2S/c1-4-5-17-26-18(19(28)25-16-7-6-15(22)12-24-16)21(30-17)27(13(2)3)20(29)14-8-10-23-11-9-14/h6-7,12-14,23H,4-5,8-11H2,1-3H3,(H,24,25,28). The molecule has 3 heterocycles. The van der Waals surface area contributed by atoms with E-state index >= 15 is 0 Å². The summed E-state index contributed by atoms with van der Waals surface area (Å²) < 4.78 is 0. The summed E-state index contributed by atoms with van der Waals surface area (Å²) in [6.07, 6.45) is 4.76. The number of thiazole rings is 1. The summed E-state index contributed by atoms with van der Waals surface area (Å²) in [6.45, 7) is 7.68. The van der Waals surface area contributed by atoms with Crippen LogP contribution in [0, 0.1) is 5.92 Å². The van der Waals surface area contributed by atoms with E-state index in [9.17, 15) is 9.59 Å². The summed E-state index contributed by atoms with van der Waals surface area (Å²) in [5, 5.41) is 8.04. The van der Waals surface area contributed by atoms with Crippen molar-refractivity contribution in [3.05, 3.63) is 34.1 Å². The van der Waals surface area contributed by atoms with Gasteiger partial charge in [0.2, 0.25) is 5.91 Å². The van der Waals surface area contributed by atoms with Crippen LogP contribution in [0.5, 0.6) is 0 Å². The summed E-state index contributed by atoms with van der Waals surface area (Å²) >= 11 is 7.31. The molecular formula is C21H28ClN5O2S. The quantitative estimate of drug-likeness (QED) is 0.663. The van der Waals surface area contributed by atoms with Gasteiger partial charge in [0, 0.05) is 18.2 Å². The predicted molar refractivity (Wildman–Crippen MR) is 122 cm³/mol. The fraction of sp³-hybridized carbons (Fsp3) is 0.524. The number of hydrogen-bond acceptors (Lipinski definition) is 6. The maximum absolute atomic E-state index is 13.4. The smallest absolute Gasteiger partial charge is 0.278 e. The molecule has 2 amide bonds. The van der Waals surface area contributed by atoms with Crippen LogP contribution < -0.4 is 15.5 Å². The van der Waals surface area contributed by atoms with Crippen LogP contribution in [0.4, 0.5) is 10.8 Å². The average molecular weight is 450 g/mol. The third-order valence-corrected chi connectivity index (χ3v) is 6.30. The van der Waals surface area contributed by atoms with Gasteiger partial charge in [-0.25, -0.2) is 9.97 Å². The molecule has 0 saturated carbocycles. The highest BCUT2D eigenvalue weighted by molar-refractivity contribution is 7.16. The Kier molecular flexibility index (Phi) is 7.80. The number of aryl methyl sites for hydroxylation is 1. The Morgan fingerprint density at radius 1 is 1.33 bits per heavy atom. The molecule has 1 aliphatic rings. The third kappa shape index (κ3) is 5.36. The number of carbonyl (C=O) groups is 2. The Morgan fingerprint density at radius 2 is 2.07 bits per heavy atom. The van der Waals surface area contributed by atoms with Gasteiger partial charge in [-0.2, -0.15) is 0 Å². The Bertz CT molecular complexity index is 878. The van der Waals surface area contributed by atoms with Crippen LogP contribution in [0.2, 0.25) is 5.02 Å². The predicted octanol–water partition coefficient (Wildman–Crippen LogP) is 4.14. The third-order valence-electron chi connectivity index (χ3n) is 4.96. The van der Waals surface area contributed by atoms with Crippen molar-refractivity contribution in [2.24, 2.45) is 5.92 Å². The minimum Gasteiger partial charge on any atom is -0.317 e. The second kappa shape index (κ2) is 10.3. The first-order valence-corrected chi connectivity index (χ1v) is 11.6. The number of nitrogens with one attached hydrogen (secondary N) is 2. The van der Waals surface area contributed by atoms with E-state index < -0.39 is 0 Å². The number of anilines is 2. The first-order valence-electron chi connectivity index (χ1n) is 10.4. The number of carbonyl (C=O) groups excluding carboxylic acids is 2. The molecule has 1 aliphatic heterocycles. The summed E-state index contributed by atoms with van der Waals surface area (Å²) in [4.78, 5) is 37.0. The van der Waals surface area contributed by atoms with E-state index in [0.717, 1.165) is 43.8 Å². The van der Waals surface area contributed by atoms with E-state index in [4.69, 9.17) is 11.6 Å². The van der Waals surface area contributed by atoms with Crippen molar-refractivity contribution in [2.45, 2.75) is 52.5 Å². The van der Waals surface area contributed by atoms with Gasteiger partial charge in [0.25, 0.3) is 5.91 Å². The summed E-state index contributed by atoms with van der Waals surface area (Å²) in [5.41, 5.74) is 0.274. The van der Waals surface area contributed by atoms with Crippen LogP contribution in [0.1, 0.15) is 55.5 Å². The number of rotatable bonds is 7. The van der Waals surface area contributed by atoms with Gasteiger partial charge in [-0.1, -0.05) is 18.5 Å². The van der Waals surface area contributed by atoms with E-state index in [0.29, 0.717) is 15.8 Å². The zero-order chi connectivity index (χ0) is 21.7.